The number of hydrogen-bond donors (Lipinski definition) is 2. The van der Waals surface area contributed by atoms with E-state index in [1.54, 1.807) is 25.1 Å². The van der Waals surface area contributed by atoms with E-state index in [-0.39, 0.29) is 52.1 Å². The van der Waals surface area contributed by atoms with Crippen LogP contribution in [0.25, 0.3) is 11.0 Å². The Morgan fingerprint density at radius 2 is 2.08 bits per heavy atom. The molecule has 4 N–H and O–H groups in total. The number of benzene rings is 1. The van der Waals surface area contributed by atoms with Gasteiger partial charge in [0.25, 0.3) is 0 Å². The number of anilines is 1. The van der Waals surface area contributed by atoms with Crippen molar-refractivity contribution in [3.05, 3.63) is 39.7 Å². The van der Waals surface area contributed by atoms with Crippen LogP contribution in [-0.4, -0.2) is 35.7 Å². The lowest BCUT2D eigenvalue weighted by Gasteiger charge is -2.23. The molecule has 0 unspecified atom stereocenters. The summed E-state index contributed by atoms with van der Waals surface area (Å²) in [6.45, 7) is 1.94. The Bertz CT molecular complexity index is 893. The van der Waals surface area contributed by atoms with Crippen molar-refractivity contribution < 1.29 is 14.0 Å². The fourth-order valence-corrected chi connectivity index (χ4v) is 3.21. The normalized spacial score (nSPS) is 16.7. The van der Waals surface area contributed by atoms with Gasteiger partial charge in [0, 0.05) is 12.1 Å². The molecule has 1 amide bonds. The molecule has 2 heterocycles. The number of nitrogens with two attached hydrogens (primary N) is 2. The van der Waals surface area contributed by atoms with Gasteiger partial charge in [-0.1, -0.05) is 12.1 Å². The lowest BCUT2D eigenvalue weighted by molar-refractivity contribution is -0.129. The smallest absolute Gasteiger partial charge is 0.341 e. The van der Waals surface area contributed by atoms with E-state index in [1.165, 1.54) is 4.90 Å². The Balaban J connectivity index is 0.00000225. The molecule has 3 rings (SSSR count). The number of amides is 1. The van der Waals surface area contributed by atoms with Gasteiger partial charge in [0.2, 0.25) is 5.91 Å². The minimum atomic E-state index is -0.557. The van der Waals surface area contributed by atoms with Gasteiger partial charge in [0.15, 0.2) is 5.78 Å². The molecule has 0 aliphatic carbocycles. The maximum absolute atomic E-state index is 13.0. The van der Waals surface area contributed by atoms with E-state index in [9.17, 15) is 14.4 Å². The third-order valence-corrected chi connectivity index (χ3v) is 4.52. The average Bonchev–Trinajstić information content (AvgIpc) is 3.07. The van der Waals surface area contributed by atoms with Crippen LogP contribution in [0.3, 0.4) is 0 Å². The minimum absolute atomic E-state index is 0. The average molecular weight is 410 g/mol. The molecule has 1 aromatic carbocycles. The Morgan fingerprint density at radius 3 is 2.76 bits per heavy atom. The van der Waals surface area contributed by atoms with Crippen LogP contribution in [-0.2, 0) is 4.79 Å². The number of nitrogens with zero attached hydrogens (tertiary/aromatic N) is 1. The second kappa shape index (κ2) is 7.37. The molecular weight excluding hydrogens is 390 g/mol. The highest BCUT2D eigenvalue weighted by Gasteiger charge is 2.35. The first kappa shape index (κ1) is 19.1. The molecule has 1 saturated heterocycles. The summed E-state index contributed by atoms with van der Waals surface area (Å²) in [4.78, 5) is 38.3. The van der Waals surface area contributed by atoms with Gasteiger partial charge in [0.1, 0.15) is 5.58 Å². The fourth-order valence-electron chi connectivity index (χ4n) is 3.21. The first-order chi connectivity index (χ1) is 11.5. The van der Waals surface area contributed by atoms with Crippen molar-refractivity contribution in [2.75, 3.05) is 18.8 Å². The van der Waals surface area contributed by atoms with Crippen molar-refractivity contribution in [1.82, 2.24) is 4.90 Å². The van der Waals surface area contributed by atoms with Gasteiger partial charge in [-0.05, 0) is 25.8 Å². The van der Waals surface area contributed by atoms with E-state index >= 15 is 0 Å². The molecule has 25 heavy (non-hydrogen) atoms. The predicted octanol–water partition coefficient (Wildman–Crippen LogP) is 1.39. The summed E-state index contributed by atoms with van der Waals surface area (Å²) < 4.78 is 5.23. The Hall–Kier alpha value is -2.19. The largest absolute Gasteiger partial charge is 0.422 e. The minimum Gasteiger partial charge on any atom is -0.422 e. The number of ketones is 1. The summed E-state index contributed by atoms with van der Waals surface area (Å²) in [5, 5.41) is 0.423. The van der Waals surface area contributed by atoms with Gasteiger partial charge < -0.3 is 20.8 Å². The maximum atomic E-state index is 13.0. The van der Waals surface area contributed by atoms with E-state index in [2.05, 4.69) is 0 Å². The van der Waals surface area contributed by atoms with Crippen molar-refractivity contribution in [3.63, 3.8) is 0 Å². The molecule has 1 aliphatic rings. The summed E-state index contributed by atoms with van der Waals surface area (Å²) in [6.07, 6.45) is 1.33. The lowest BCUT2D eigenvalue weighted by atomic mass is 9.96. The molecule has 0 saturated carbocycles. The first-order valence-corrected chi connectivity index (χ1v) is 7.81. The van der Waals surface area contributed by atoms with Gasteiger partial charge in [-0.25, -0.2) is 4.79 Å². The molecular formula is C17H20BrN3O4. The summed E-state index contributed by atoms with van der Waals surface area (Å²) >= 11 is 0. The van der Waals surface area contributed by atoms with Gasteiger partial charge in [-0.3, -0.25) is 9.59 Å². The van der Waals surface area contributed by atoms with Crippen molar-refractivity contribution >= 4 is 45.3 Å². The van der Waals surface area contributed by atoms with Crippen molar-refractivity contribution in [1.29, 1.82) is 0 Å². The van der Waals surface area contributed by atoms with Crippen LogP contribution in [0, 0.1) is 6.92 Å². The summed E-state index contributed by atoms with van der Waals surface area (Å²) in [7, 11) is 0. The molecule has 0 spiro atoms. The van der Waals surface area contributed by atoms with Gasteiger partial charge in [0.05, 0.1) is 29.2 Å². The van der Waals surface area contributed by atoms with Crippen molar-refractivity contribution in [2.24, 2.45) is 5.73 Å². The number of Topliss-reactive ketones (excluding diaryl/α,β-unsaturated/α-hetero) is 1. The van der Waals surface area contributed by atoms with E-state index in [0.29, 0.717) is 23.9 Å². The van der Waals surface area contributed by atoms with Crippen LogP contribution in [0.1, 0.15) is 28.8 Å². The Morgan fingerprint density at radius 1 is 1.36 bits per heavy atom. The predicted molar refractivity (Wildman–Crippen MR) is 100 cm³/mol. The second-order valence-corrected chi connectivity index (χ2v) is 5.92. The topological polar surface area (TPSA) is 120 Å². The van der Waals surface area contributed by atoms with E-state index in [4.69, 9.17) is 15.9 Å². The molecule has 134 valence electrons. The SMILES string of the molecule is Br.Cc1c(N)c2c(C(=O)[C@@H]3CCCN3C(=O)CN)cccc2oc1=O. The zero-order valence-electron chi connectivity index (χ0n) is 13.8. The number of halogens is 1. The summed E-state index contributed by atoms with van der Waals surface area (Å²) in [5.41, 5.74) is 12.1. The maximum Gasteiger partial charge on any atom is 0.341 e. The standard InChI is InChI=1S/C17H19N3O4.BrH/c1-9-15(19)14-10(4-2-6-12(14)24-17(9)23)16(22)11-5-3-7-20(11)13(21)8-18;/h2,4,6,11H,3,5,7-8,18-19H2,1H3;1H/t11-;/m0./s1. The van der Waals surface area contributed by atoms with Crippen LogP contribution in [0.4, 0.5) is 5.69 Å². The number of hydrogen-bond acceptors (Lipinski definition) is 6. The molecule has 1 aliphatic heterocycles. The van der Waals surface area contributed by atoms with Crippen LogP contribution in [0.2, 0.25) is 0 Å². The van der Waals surface area contributed by atoms with E-state index in [1.807, 2.05) is 0 Å². The van der Waals surface area contributed by atoms with Crippen molar-refractivity contribution in [3.8, 4) is 0 Å². The molecule has 1 atom stereocenters. The van der Waals surface area contributed by atoms with E-state index in [0.717, 1.165) is 6.42 Å². The highest BCUT2D eigenvalue weighted by molar-refractivity contribution is 8.93. The zero-order chi connectivity index (χ0) is 17.4. The van der Waals surface area contributed by atoms with Crippen LogP contribution in [0.5, 0.6) is 0 Å². The van der Waals surface area contributed by atoms with Crippen LogP contribution in [0.15, 0.2) is 27.4 Å². The summed E-state index contributed by atoms with van der Waals surface area (Å²) in [6, 6.07) is 4.32. The Labute approximate surface area is 154 Å². The molecule has 8 heteroatoms. The highest BCUT2D eigenvalue weighted by atomic mass is 79.9. The number of nitrogen functional groups attached to an aromatic ring is 1. The second-order valence-electron chi connectivity index (χ2n) is 5.92. The monoisotopic (exact) mass is 409 g/mol. The zero-order valence-corrected chi connectivity index (χ0v) is 15.5. The number of likely N-dealkylation sites (tertiary alicyclic amines) is 1. The third kappa shape index (κ3) is 3.19. The highest BCUT2D eigenvalue weighted by Crippen LogP contribution is 2.29. The molecule has 7 nitrogen and oxygen atoms in total. The Kier molecular flexibility index (Phi) is 5.64. The molecule has 0 radical (unpaired) electrons. The van der Waals surface area contributed by atoms with Crippen LogP contribution >= 0.6 is 17.0 Å². The molecule has 1 aromatic heterocycles. The number of fused-ring (bicyclic) bond motifs is 1. The van der Waals surface area contributed by atoms with Crippen molar-refractivity contribution in [2.45, 2.75) is 25.8 Å². The summed E-state index contributed by atoms with van der Waals surface area (Å²) in [5.74, 6) is -0.457. The quantitative estimate of drug-likeness (QED) is 0.583. The third-order valence-electron chi connectivity index (χ3n) is 4.52. The molecule has 2 aromatic rings. The first-order valence-electron chi connectivity index (χ1n) is 7.81. The van der Waals surface area contributed by atoms with Gasteiger partial charge >= 0.3 is 5.63 Å². The van der Waals surface area contributed by atoms with Gasteiger partial charge in [-0.2, -0.15) is 0 Å². The number of carbonyl (C=O) groups excluding carboxylic acids is 2. The molecule has 0 bridgehead atoms. The number of carbonyl (C=O) groups is 2. The van der Waals surface area contributed by atoms with E-state index < -0.39 is 11.7 Å². The number of rotatable bonds is 3. The van der Waals surface area contributed by atoms with Crippen LogP contribution < -0.4 is 17.1 Å². The molecule has 1 fully saturated rings. The fraction of sp³-hybridized carbons (Fsp3) is 0.353. The lowest BCUT2D eigenvalue weighted by Crippen LogP contribution is -2.43. The van der Waals surface area contributed by atoms with Gasteiger partial charge in [-0.15, -0.1) is 17.0 Å².